The van der Waals surface area contributed by atoms with E-state index >= 15 is 0 Å². The van der Waals surface area contributed by atoms with Crippen LogP contribution in [0.2, 0.25) is 0 Å². The highest BCUT2D eigenvalue weighted by molar-refractivity contribution is 8.26. The summed E-state index contributed by atoms with van der Waals surface area (Å²) in [4.78, 5) is 14.3. The van der Waals surface area contributed by atoms with Crippen LogP contribution in [0.1, 0.15) is 23.6 Å². The Morgan fingerprint density at radius 1 is 1.14 bits per heavy atom. The Balaban J connectivity index is 1.62. The molecule has 1 saturated heterocycles. The number of thiocarbonyl (C=S) groups is 1. The fourth-order valence-corrected chi connectivity index (χ4v) is 4.01. The number of aryl methyl sites for hydroxylation is 2. The van der Waals surface area contributed by atoms with Crippen molar-refractivity contribution in [3.8, 4) is 11.5 Å². The van der Waals surface area contributed by atoms with E-state index in [1.165, 1.54) is 27.8 Å². The first kappa shape index (κ1) is 20.4. The van der Waals surface area contributed by atoms with Crippen molar-refractivity contribution in [1.29, 1.82) is 0 Å². The van der Waals surface area contributed by atoms with Gasteiger partial charge in [0, 0.05) is 12.6 Å². The van der Waals surface area contributed by atoms with Crippen molar-refractivity contribution in [3.63, 3.8) is 0 Å². The van der Waals surface area contributed by atoms with Gasteiger partial charge in [-0.15, -0.1) is 0 Å². The largest absolute Gasteiger partial charge is 0.490 e. The number of hydrogen-bond acceptors (Lipinski definition) is 5. The van der Waals surface area contributed by atoms with E-state index in [1.54, 1.807) is 7.05 Å². The van der Waals surface area contributed by atoms with Crippen LogP contribution in [0.25, 0.3) is 6.08 Å². The Labute approximate surface area is 175 Å². The lowest BCUT2D eigenvalue weighted by atomic mass is 10.1. The zero-order chi connectivity index (χ0) is 20.1. The summed E-state index contributed by atoms with van der Waals surface area (Å²) in [6, 6.07) is 13.9. The van der Waals surface area contributed by atoms with Crippen molar-refractivity contribution >= 4 is 40.3 Å². The van der Waals surface area contributed by atoms with Crippen molar-refractivity contribution in [3.05, 3.63) is 64.1 Å². The molecule has 2 aromatic carbocycles. The van der Waals surface area contributed by atoms with Gasteiger partial charge in [0.05, 0.1) is 4.91 Å². The third kappa shape index (κ3) is 4.94. The summed E-state index contributed by atoms with van der Waals surface area (Å²) in [5.74, 6) is 1.49. The number of hydrogen-bond donors (Lipinski definition) is 0. The molecule has 0 aliphatic carbocycles. The molecule has 1 amide bonds. The maximum atomic E-state index is 12.2. The molecule has 0 unspecified atom stereocenters. The molecule has 0 atom stereocenters. The molecule has 1 heterocycles. The topological polar surface area (TPSA) is 38.8 Å². The van der Waals surface area contributed by atoms with Gasteiger partial charge < -0.3 is 9.47 Å². The summed E-state index contributed by atoms with van der Waals surface area (Å²) in [5.41, 5.74) is 3.30. The van der Waals surface area contributed by atoms with Gasteiger partial charge in [-0.2, -0.15) is 0 Å². The Hall–Kier alpha value is -2.31. The second-order valence-electron chi connectivity index (χ2n) is 6.48. The van der Waals surface area contributed by atoms with Crippen LogP contribution in [0.15, 0.2) is 47.4 Å². The third-order valence-electron chi connectivity index (χ3n) is 4.32. The molecule has 1 aliphatic heterocycles. The van der Waals surface area contributed by atoms with Crippen LogP contribution >= 0.6 is 24.0 Å². The number of ether oxygens (including phenoxy) is 2. The van der Waals surface area contributed by atoms with Crippen LogP contribution in [0.4, 0.5) is 0 Å². The number of amides is 1. The van der Waals surface area contributed by atoms with E-state index in [-0.39, 0.29) is 5.91 Å². The van der Waals surface area contributed by atoms with E-state index < -0.39 is 0 Å². The van der Waals surface area contributed by atoms with E-state index in [0.29, 0.717) is 28.2 Å². The molecule has 2 aromatic rings. The molecule has 0 saturated carbocycles. The van der Waals surface area contributed by atoms with Crippen LogP contribution in [-0.4, -0.2) is 35.4 Å². The minimum Gasteiger partial charge on any atom is -0.490 e. The van der Waals surface area contributed by atoms with Gasteiger partial charge in [0.15, 0.2) is 0 Å². The maximum absolute atomic E-state index is 12.2. The molecule has 0 radical (unpaired) electrons. The molecule has 0 spiro atoms. The zero-order valence-electron chi connectivity index (χ0n) is 16.2. The molecule has 0 aromatic heterocycles. The number of nitrogens with zero attached hydrogens (tertiary/aromatic N) is 1. The summed E-state index contributed by atoms with van der Waals surface area (Å²) in [6.45, 7) is 5.05. The SMILES string of the molecule is CCc1cc(C)cc(OCCOc2ccccc2/C=C2\SC(=S)N(C)C2=O)c1. The molecule has 0 N–H and O–H groups in total. The highest BCUT2D eigenvalue weighted by Gasteiger charge is 2.28. The molecule has 1 aliphatic rings. The van der Waals surface area contributed by atoms with Gasteiger partial charge in [-0.3, -0.25) is 9.69 Å². The van der Waals surface area contributed by atoms with Gasteiger partial charge in [-0.1, -0.05) is 55.2 Å². The first-order valence-electron chi connectivity index (χ1n) is 9.14. The minimum atomic E-state index is -0.0840. The van der Waals surface area contributed by atoms with E-state index in [2.05, 4.69) is 26.0 Å². The van der Waals surface area contributed by atoms with Crippen molar-refractivity contribution in [1.82, 2.24) is 4.90 Å². The summed E-state index contributed by atoms with van der Waals surface area (Å²) >= 11 is 6.49. The highest BCUT2D eigenvalue weighted by Crippen LogP contribution is 2.33. The van der Waals surface area contributed by atoms with E-state index in [4.69, 9.17) is 21.7 Å². The first-order chi connectivity index (χ1) is 13.5. The quantitative estimate of drug-likeness (QED) is 0.369. The van der Waals surface area contributed by atoms with Gasteiger partial charge in [0.25, 0.3) is 5.91 Å². The van der Waals surface area contributed by atoms with Crippen LogP contribution < -0.4 is 9.47 Å². The molecule has 6 heteroatoms. The normalized spacial score (nSPS) is 15.4. The fourth-order valence-electron chi connectivity index (χ4n) is 2.84. The van der Waals surface area contributed by atoms with Gasteiger partial charge in [-0.05, 0) is 48.7 Å². The number of para-hydroxylation sites is 1. The smallest absolute Gasteiger partial charge is 0.265 e. The van der Waals surface area contributed by atoms with Crippen LogP contribution in [0, 0.1) is 6.92 Å². The molecular weight excluding hydrogens is 390 g/mol. The standard InChI is InChI=1S/C22H23NO3S2/c1-4-16-11-15(2)12-18(13-16)25-9-10-26-19-8-6-5-7-17(19)14-20-21(24)23(3)22(27)28-20/h5-8,11-14H,4,9-10H2,1-3H3/b20-14-. The molecular formula is C22H23NO3S2. The van der Waals surface area contributed by atoms with Gasteiger partial charge >= 0.3 is 0 Å². The lowest BCUT2D eigenvalue weighted by Gasteiger charge is -2.12. The second-order valence-corrected chi connectivity index (χ2v) is 8.16. The lowest BCUT2D eigenvalue weighted by Crippen LogP contribution is -2.22. The first-order valence-corrected chi connectivity index (χ1v) is 10.4. The van der Waals surface area contributed by atoms with Gasteiger partial charge in [0.2, 0.25) is 0 Å². The Kier molecular flexibility index (Phi) is 6.75. The van der Waals surface area contributed by atoms with Crippen molar-refractivity contribution in [2.24, 2.45) is 0 Å². The van der Waals surface area contributed by atoms with Crippen molar-refractivity contribution < 1.29 is 14.3 Å². The monoisotopic (exact) mass is 413 g/mol. The summed E-state index contributed by atoms with van der Waals surface area (Å²) in [7, 11) is 1.69. The highest BCUT2D eigenvalue weighted by atomic mass is 32.2. The number of thioether (sulfide) groups is 1. The van der Waals surface area contributed by atoms with Gasteiger partial charge in [0.1, 0.15) is 29.0 Å². The van der Waals surface area contributed by atoms with Crippen molar-refractivity contribution in [2.45, 2.75) is 20.3 Å². The van der Waals surface area contributed by atoms with Crippen molar-refractivity contribution in [2.75, 3.05) is 20.3 Å². The van der Waals surface area contributed by atoms with Crippen LogP contribution in [0.5, 0.6) is 11.5 Å². The summed E-state index contributed by atoms with van der Waals surface area (Å²) < 4.78 is 12.3. The minimum absolute atomic E-state index is 0.0840. The average Bonchev–Trinajstić information content (AvgIpc) is 2.92. The molecule has 4 nitrogen and oxygen atoms in total. The number of carbonyl (C=O) groups excluding carboxylic acids is 1. The van der Waals surface area contributed by atoms with E-state index in [0.717, 1.165) is 17.7 Å². The zero-order valence-corrected chi connectivity index (χ0v) is 17.9. The second kappa shape index (κ2) is 9.26. The Morgan fingerprint density at radius 3 is 2.61 bits per heavy atom. The molecule has 0 bridgehead atoms. The lowest BCUT2D eigenvalue weighted by molar-refractivity contribution is -0.121. The predicted octanol–water partition coefficient (Wildman–Crippen LogP) is 4.85. The molecule has 1 fully saturated rings. The van der Waals surface area contributed by atoms with E-state index in [9.17, 15) is 4.79 Å². The third-order valence-corrected chi connectivity index (χ3v) is 5.81. The maximum Gasteiger partial charge on any atom is 0.265 e. The van der Waals surface area contributed by atoms with E-state index in [1.807, 2.05) is 36.4 Å². The number of benzene rings is 2. The predicted molar refractivity (Wildman–Crippen MR) is 119 cm³/mol. The van der Waals surface area contributed by atoms with Crippen LogP contribution in [0.3, 0.4) is 0 Å². The van der Waals surface area contributed by atoms with Crippen LogP contribution in [-0.2, 0) is 11.2 Å². The number of likely N-dealkylation sites (N-methyl/N-ethyl adjacent to an activating group) is 1. The van der Waals surface area contributed by atoms with Gasteiger partial charge in [-0.25, -0.2) is 0 Å². The molecule has 146 valence electrons. The summed E-state index contributed by atoms with van der Waals surface area (Å²) in [6.07, 6.45) is 2.80. The molecule has 3 rings (SSSR count). The average molecular weight is 414 g/mol. The number of carbonyl (C=O) groups is 1. The Morgan fingerprint density at radius 2 is 1.89 bits per heavy atom. The number of rotatable bonds is 7. The fraction of sp³-hybridized carbons (Fsp3) is 0.273. The molecule has 28 heavy (non-hydrogen) atoms. The summed E-state index contributed by atoms with van der Waals surface area (Å²) in [5, 5.41) is 0. The Bertz CT molecular complexity index is 924.